The minimum absolute atomic E-state index is 0.150. The molecule has 1 N–H and O–H groups in total. The molecule has 1 unspecified atom stereocenters. The molecular weight excluding hydrogens is 270 g/mol. The SMILES string of the molecule is O=C(O)c1cccn(CC2CCOc3ccccc32)c1=O. The van der Waals surface area contributed by atoms with Gasteiger partial charge < -0.3 is 14.4 Å². The van der Waals surface area contributed by atoms with Gasteiger partial charge in [-0.15, -0.1) is 0 Å². The van der Waals surface area contributed by atoms with Gasteiger partial charge in [0.25, 0.3) is 5.56 Å². The van der Waals surface area contributed by atoms with Crippen molar-refractivity contribution in [2.75, 3.05) is 6.61 Å². The smallest absolute Gasteiger partial charge is 0.341 e. The Balaban J connectivity index is 1.94. The van der Waals surface area contributed by atoms with Gasteiger partial charge in [-0.05, 0) is 30.2 Å². The Hall–Kier alpha value is -2.56. The fourth-order valence-electron chi connectivity index (χ4n) is 2.69. The highest BCUT2D eigenvalue weighted by molar-refractivity contribution is 5.86. The molecule has 0 saturated heterocycles. The lowest BCUT2D eigenvalue weighted by molar-refractivity contribution is 0.0694. The number of carboxylic acid groups (broad SMARTS) is 1. The number of ether oxygens (including phenoxy) is 1. The van der Waals surface area contributed by atoms with Crippen LogP contribution in [0.2, 0.25) is 0 Å². The van der Waals surface area contributed by atoms with E-state index >= 15 is 0 Å². The monoisotopic (exact) mass is 285 g/mol. The molecule has 2 heterocycles. The van der Waals surface area contributed by atoms with Gasteiger partial charge in [-0.1, -0.05) is 18.2 Å². The summed E-state index contributed by atoms with van der Waals surface area (Å²) < 4.78 is 7.07. The standard InChI is InChI=1S/C16H15NO4/c18-15-13(16(19)20)5-3-8-17(15)10-11-7-9-21-14-6-2-1-4-12(11)14/h1-6,8,11H,7,9-10H2,(H,19,20). The first kappa shape index (κ1) is 13.4. The summed E-state index contributed by atoms with van der Waals surface area (Å²) in [6.45, 7) is 1.06. The van der Waals surface area contributed by atoms with Crippen molar-refractivity contribution in [1.82, 2.24) is 4.57 Å². The first-order valence-corrected chi connectivity index (χ1v) is 6.81. The first-order valence-electron chi connectivity index (χ1n) is 6.81. The molecule has 1 aliphatic rings. The van der Waals surface area contributed by atoms with Crippen LogP contribution in [0.5, 0.6) is 5.75 Å². The molecular formula is C16H15NO4. The topological polar surface area (TPSA) is 68.5 Å². The van der Waals surface area contributed by atoms with E-state index in [1.807, 2.05) is 24.3 Å². The number of fused-ring (bicyclic) bond motifs is 1. The Bertz CT molecular complexity index is 735. The van der Waals surface area contributed by atoms with Crippen LogP contribution >= 0.6 is 0 Å². The molecule has 3 rings (SSSR count). The molecule has 2 aromatic rings. The number of nitrogens with zero attached hydrogens (tertiary/aromatic N) is 1. The number of rotatable bonds is 3. The Labute approximate surface area is 121 Å². The van der Waals surface area contributed by atoms with Gasteiger partial charge in [0.1, 0.15) is 11.3 Å². The van der Waals surface area contributed by atoms with Crippen molar-refractivity contribution >= 4 is 5.97 Å². The van der Waals surface area contributed by atoms with E-state index in [-0.39, 0.29) is 11.5 Å². The number of hydrogen-bond acceptors (Lipinski definition) is 3. The predicted octanol–water partition coefficient (Wildman–Crippen LogP) is 2.11. The zero-order valence-electron chi connectivity index (χ0n) is 11.4. The summed E-state index contributed by atoms with van der Waals surface area (Å²) in [5, 5.41) is 9.02. The molecule has 0 spiro atoms. The van der Waals surface area contributed by atoms with Crippen LogP contribution in [0.15, 0.2) is 47.4 Å². The number of pyridine rings is 1. The van der Waals surface area contributed by atoms with Gasteiger partial charge in [0, 0.05) is 18.7 Å². The van der Waals surface area contributed by atoms with Gasteiger partial charge in [-0.3, -0.25) is 4.79 Å². The van der Waals surface area contributed by atoms with E-state index in [2.05, 4.69) is 0 Å². The molecule has 1 aromatic carbocycles. The maximum absolute atomic E-state index is 12.1. The van der Waals surface area contributed by atoms with Crippen LogP contribution < -0.4 is 10.3 Å². The first-order chi connectivity index (χ1) is 10.2. The summed E-state index contributed by atoms with van der Waals surface area (Å²) in [7, 11) is 0. The molecule has 0 aliphatic carbocycles. The van der Waals surface area contributed by atoms with Gasteiger partial charge in [0.05, 0.1) is 6.61 Å². The lowest BCUT2D eigenvalue weighted by Crippen LogP contribution is -2.29. The number of para-hydroxylation sites is 1. The Morgan fingerprint density at radius 2 is 2.10 bits per heavy atom. The van der Waals surface area contributed by atoms with E-state index in [9.17, 15) is 9.59 Å². The van der Waals surface area contributed by atoms with Crippen LogP contribution in [0.4, 0.5) is 0 Å². The fraction of sp³-hybridized carbons (Fsp3) is 0.250. The van der Waals surface area contributed by atoms with Gasteiger partial charge >= 0.3 is 5.97 Å². The third-order valence-electron chi connectivity index (χ3n) is 3.75. The minimum atomic E-state index is -1.19. The number of hydrogen-bond donors (Lipinski definition) is 1. The van der Waals surface area contributed by atoms with Crippen LogP contribution in [0.1, 0.15) is 28.3 Å². The highest BCUT2D eigenvalue weighted by Crippen LogP contribution is 2.34. The van der Waals surface area contributed by atoms with Crippen LogP contribution in [-0.4, -0.2) is 22.2 Å². The van der Waals surface area contributed by atoms with Crippen molar-refractivity contribution in [2.45, 2.75) is 18.9 Å². The number of aromatic carboxylic acids is 1. The number of benzene rings is 1. The normalized spacial score (nSPS) is 16.9. The highest BCUT2D eigenvalue weighted by atomic mass is 16.5. The van der Waals surface area contributed by atoms with Crippen molar-refractivity contribution < 1.29 is 14.6 Å². The molecule has 1 aromatic heterocycles. The highest BCUT2D eigenvalue weighted by Gasteiger charge is 2.22. The summed E-state index contributed by atoms with van der Waals surface area (Å²) in [5.74, 6) is -0.199. The average molecular weight is 285 g/mol. The van der Waals surface area contributed by atoms with Crippen LogP contribution in [0, 0.1) is 0 Å². The molecule has 108 valence electrons. The lowest BCUT2D eigenvalue weighted by atomic mass is 9.93. The average Bonchev–Trinajstić information content (AvgIpc) is 2.49. The molecule has 0 bridgehead atoms. The van der Waals surface area contributed by atoms with E-state index in [1.54, 1.807) is 12.3 Å². The van der Waals surface area contributed by atoms with Crippen LogP contribution in [0.25, 0.3) is 0 Å². The number of aromatic nitrogens is 1. The van der Waals surface area contributed by atoms with Crippen LogP contribution in [-0.2, 0) is 6.54 Å². The quantitative estimate of drug-likeness (QED) is 0.937. The molecule has 0 fully saturated rings. The van der Waals surface area contributed by atoms with Crippen molar-refractivity contribution in [2.24, 2.45) is 0 Å². The lowest BCUT2D eigenvalue weighted by Gasteiger charge is -2.26. The second-order valence-corrected chi connectivity index (χ2v) is 5.06. The number of carboxylic acids is 1. The van der Waals surface area contributed by atoms with Crippen molar-refractivity contribution in [3.8, 4) is 5.75 Å². The molecule has 5 heteroatoms. The van der Waals surface area contributed by atoms with Gasteiger partial charge in [-0.25, -0.2) is 4.79 Å². The van der Waals surface area contributed by atoms with Gasteiger partial charge in [-0.2, -0.15) is 0 Å². The second-order valence-electron chi connectivity index (χ2n) is 5.06. The van der Waals surface area contributed by atoms with Gasteiger partial charge in [0.15, 0.2) is 0 Å². The predicted molar refractivity (Wildman–Crippen MR) is 77.0 cm³/mol. The molecule has 1 aliphatic heterocycles. The van der Waals surface area contributed by atoms with E-state index in [0.717, 1.165) is 17.7 Å². The summed E-state index contributed by atoms with van der Waals surface area (Å²) in [6.07, 6.45) is 2.44. The molecule has 21 heavy (non-hydrogen) atoms. The van der Waals surface area contributed by atoms with Gasteiger partial charge in [0.2, 0.25) is 0 Å². The van der Waals surface area contributed by atoms with E-state index < -0.39 is 11.5 Å². The van der Waals surface area contributed by atoms with Crippen molar-refractivity contribution in [3.05, 3.63) is 64.1 Å². The van der Waals surface area contributed by atoms with E-state index in [4.69, 9.17) is 9.84 Å². The van der Waals surface area contributed by atoms with Crippen molar-refractivity contribution in [3.63, 3.8) is 0 Å². The third-order valence-corrected chi connectivity index (χ3v) is 3.75. The maximum atomic E-state index is 12.1. The zero-order chi connectivity index (χ0) is 14.8. The van der Waals surface area contributed by atoms with E-state index in [0.29, 0.717) is 13.2 Å². The minimum Gasteiger partial charge on any atom is -0.493 e. The van der Waals surface area contributed by atoms with E-state index in [1.165, 1.54) is 10.6 Å². The molecule has 0 amide bonds. The number of carbonyl (C=O) groups is 1. The Morgan fingerprint density at radius 3 is 2.90 bits per heavy atom. The Morgan fingerprint density at radius 1 is 1.29 bits per heavy atom. The largest absolute Gasteiger partial charge is 0.493 e. The molecule has 1 atom stereocenters. The third kappa shape index (κ3) is 2.54. The fourth-order valence-corrected chi connectivity index (χ4v) is 2.69. The summed E-state index contributed by atoms with van der Waals surface area (Å²) in [6, 6.07) is 10.7. The molecule has 0 radical (unpaired) electrons. The second kappa shape index (κ2) is 5.44. The summed E-state index contributed by atoms with van der Waals surface area (Å²) >= 11 is 0. The zero-order valence-corrected chi connectivity index (χ0v) is 11.4. The molecule has 0 saturated carbocycles. The van der Waals surface area contributed by atoms with Crippen molar-refractivity contribution in [1.29, 1.82) is 0 Å². The molecule has 5 nitrogen and oxygen atoms in total. The summed E-state index contributed by atoms with van der Waals surface area (Å²) in [4.78, 5) is 23.2. The summed E-state index contributed by atoms with van der Waals surface area (Å²) in [5.41, 5.74) is 0.406. The van der Waals surface area contributed by atoms with Crippen LogP contribution in [0.3, 0.4) is 0 Å². The maximum Gasteiger partial charge on any atom is 0.341 e. The Kier molecular flexibility index (Phi) is 3.48.